The molecule has 3 aromatic carbocycles. The molecule has 1 N–H and O–H groups in total. The summed E-state index contributed by atoms with van der Waals surface area (Å²) in [5, 5.41) is 2.48. The van der Waals surface area contributed by atoms with Crippen molar-refractivity contribution in [3.05, 3.63) is 70.9 Å². The number of furan rings is 1. The van der Waals surface area contributed by atoms with E-state index in [2.05, 4.69) is 4.72 Å². The van der Waals surface area contributed by atoms with Gasteiger partial charge in [-0.05, 0) is 48.9 Å². The molecule has 142 valence electrons. The lowest BCUT2D eigenvalue weighted by Crippen LogP contribution is -2.13. The standard InChI is InChI=1S/C21H16ClNO4S/c1-12(24)20-13(2)27-21-18(20)10-16(11-19(21)22)23-28(25,26)17-8-7-14-5-3-4-6-15(14)9-17/h3-11,23H,1-2H3. The molecule has 1 aromatic heterocycles. The number of ketones is 1. The van der Waals surface area contributed by atoms with Gasteiger partial charge in [-0.15, -0.1) is 0 Å². The third kappa shape index (κ3) is 3.15. The molecule has 0 bridgehead atoms. The number of nitrogens with one attached hydrogen (secondary N) is 1. The van der Waals surface area contributed by atoms with Gasteiger partial charge in [0.1, 0.15) is 5.76 Å². The Labute approximate surface area is 167 Å². The molecular weight excluding hydrogens is 398 g/mol. The SMILES string of the molecule is CC(=O)c1c(C)oc2c(Cl)cc(NS(=O)(=O)c3ccc4ccccc4c3)cc12. The molecule has 1 heterocycles. The average Bonchev–Trinajstić information content (AvgIpc) is 2.97. The molecule has 0 aliphatic rings. The minimum absolute atomic E-state index is 0.137. The Morgan fingerprint density at radius 3 is 2.46 bits per heavy atom. The van der Waals surface area contributed by atoms with Crippen LogP contribution in [0.2, 0.25) is 5.02 Å². The summed E-state index contributed by atoms with van der Waals surface area (Å²) in [4.78, 5) is 12.1. The maximum Gasteiger partial charge on any atom is 0.261 e. The van der Waals surface area contributed by atoms with E-state index in [1.165, 1.54) is 13.0 Å². The normalized spacial score (nSPS) is 11.8. The van der Waals surface area contributed by atoms with Crippen molar-refractivity contribution in [2.45, 2.75) is 18.7 Å². The highest BCUT2D eigenvalue weighted by Gasteiger charge is 2.20. The summed E-state index contributed by atoms with van der Waals surface area (Å²) in [6.07, 6.45) is 0. The Balaban J connectivity index is 1.79. The highest BCUT2D eigenvalue weighted by molar-refractivity contribution is 7.92. The van der Waals surface area contributed by atoms with Crippen LogP contribution in [0.4, 0.5) is 5.69 Å². The van der Waals surface area contributed by atoms with Crippen molar-refractivity contribution < 1.29 is 17.6 Å². The van der Waals surface area contributed by atoms with Gasteiger partial charge in [-0.3, -0.25) is 9.52 Å². The van der Waals surface area contributed by atoms with Crippen molar-refractivity contribution >= 4 is 54.8 Å². The molecule has 0 saturated heterocycles. The topological polar surface area (TPSA) is 76.4 Å². The zero-order valence-corrected chi connectivity index (χ0v) is 16.7. The van der Waals surface area contributed by atoms with Crippen LogP contribution in [0.25, 0.3) is 21.7 Å². The summed E-state index contributed by atoms with van der Waals surface area (Å²) in [7, 11) is -3.84. The van der Waals surface area contributed by atoms with E-state index in [1.54, 1.807) is 31.2 Å². The van der Waals surface area contributed by atoms with Gasteiger partial charge in [0.2, 0.25) is 0 Å². The molecule has 7 heteroatoms. The maximum atomic E-state index is 12.9. The first-order chi connectivity index (χ1) is 13.3. The fraction of sp³-hybridized carbons (Fsp3) is 0.0952. The number of carbonyl (C=O) groups excluding carboxylic acids is 1. The van der Waals surface area contributed by atoms with Gasteiger partial charge in [0.15, 0.2) is 11.4 Å². The van der Waals surface area contributed by atoms with Crippen LogP contribution in [0.5, 0.6) is 0 Å². The molecule has 0 amide bonds. The summed E-state index contributed by atoms with van der Waals surface area (Å²) in [6.45, 7) is 3.10. The van der Waals surface area contributed by atoms with Crippen LogP contribution in [0.15, 0.2) is 63.9 Å². The highest BCUT2D eigenvalue weighted by atomic mass is 35.5. The molecule has 0 aliphatic heterocycles. The van der Waals surface area contributed by atoms with Crippen molar-refractivity contribution in [2.24, 2.45) is 0 Å². The smallest absolute Gasteiger partial charge is 0.261 e. The van der Waals surface area contributed by atoms with E-state index >= 15 is 0 Å². The molecule has 5 nitrogen and oxygen atoms in total. The maximum absolute atomic E-state index is 12.9. The van der Waals surface area contributed by atoms with Gasteiger partial charge < -0.3 is 4.42 Å². The second-order valence-corrected chi connectivity index (χ2v) is 8.63. The molecule has 28 heavy (non-hydrogen) atoms. The number of Topliss-reactive ketones (excluding diaryl/α,β-unsaturated/α-hetero) is 1. The molecule has 4 rings (SSSR count). The minimum atomic E-state index is -3.84. The molecule has 0 spiro atoms. The zero-order chi connectivity index (χ0) is 20.1. The van der Waals surface area contributed by atoms with Crippen LogP contribution in [-0.2, 0) is 10.0 Å². The first-order valence-electron chi connectivity index (χ1n) is 8.51. The number of hydrogen-bond donors (Lipinski definition) is 1. The fourth-order valence-corrected chi connectivity index (χ4v) is 4.65. The molecule has 0 fully saturated rings. The molecule has 0 atom stereocenters. The van der Waals surface area contributed by atoms with Crippen LogP contribution in [0.1, 0.15) is 23.0 Å². The average molecular weight is 414 g/mol. The van der Waals surface area contributed by atoms with E-state index in [1.807, 2.05) is 24.3 Å². The number of halogens is 1. The van der Waals surface area contributed by atoms with Crippen LogP contribution in [0.3, 0.4) is 0 Å². The molecule has 4 aromatic rings. The summed E-state index contributed by atoms with van der Waals surface area (Å²) in [5.41, 5.74) is 1.01. The number of carbonyl (C=O) groups is 1. The van der Waals surface area contributed by atoms with E-state index in [0.717, 1.165) is 10.8 Å². The number of sulfonamides is 1. The Kier molecular flexibility index (Phi) is 4.40. The molecule has 0 aliphatic carbocycles. The van der Waals surface area contributed by atoms with Gasteiger partial charge in [0, 0.05) is 5.39 Å². The quantitative estimate of drug-likeness (QED) is 0.445. The summed E-state index contributed by atoms with van der Waals surface area (Å²) < 4.78 is 33.9. The predicted molar refractivity (Wildman–Crippen MR) is 111 cm³/mol. The van der Waals surface area contributed by atoms with Crippen molar-refractivity contribution in [1.29, 1.82) is 0 Å². The predicted octanol–water partition coefficient (Wildman–Crippen LogP) is 5.55. The van der Waals surface area contributed by atoms with Crippen LogP contribution < -0.4 is 4.72 Å². The number of benzene rings is 3. The van der Waals surface area contributed by atoms with Gasteiger partial charge in [-0.1, -0.05) is 41.9 Å². The number of anilines is 1. The van der Waals surface area contributed by atoms with Crippen molar-refractivity contribution in [3.8, 4) is 0 Å². The number of aryl methyl sites for hydroxylation is 1. The van der Waals surface area contributed by atoms with Gasteiger partial charge >= 0.3 is 0 Å². The molecule has 0 radical (unpaired) electrons. The first-order valence-corrected chi connectivity index (χ1v) is 10.4. The fourth-order valence-electron chi connectivity index (χ4n) is 3.32. The van der Waals surface area contributed by atoms with Gasteiger partial charge in [-0.2, -0.15) is 0 Å². The number of rotatable bonds is 4. The van der Waals surface area contributed by atoms with E-state index < -0.39 is 10.0 Å². The second-order valence-electron chi connectivity index (χ2n) is 6.54. The van der Waals surface area contributed by atoms with E-state index in [9.17, 15) is 13.2 Å². The van der Waals surface area contributed by atoms with Crippen molar-refractivity contribution in [3.63, 3.8) is 0 Å². The Morgan fingerprint density at radius 1 is 1.04 bits per heavy atom. The van der Waals surface area contributed by atoms with Crippen molar-refractivity contribution in [1.82, 2.24) is 0 Å². The summed E-state index contributed by atoms with van der Waals surface area (Å²) in [6, 6.07) is 15.5. The molecule has 0 saturated carbocycles. The Hall–Kier alpha value is -2.83. The monoisotopic (exact) mass is 413 g/mol. The lowest BCUT2D eigenvalue weighted by Gasteiger charge is -2.10. The summed E-state index contributed by atoms with van der Waals surface area (Å²) in [5.74, 6) is 0.265. The minimum Gasteiger partial charge on any atom is -0.459 e. The highest BCUT2D eigenvalue weighted by Crippen LogP contribution is 2.35. The van der Waals surface area contributed by atoms with E-state index in [-0.39, 0.29) is 21.4 Å². The van der Waals surface area contributed by atoms with Gasteiger partial charge in [0.25, 0.3) is 10.0 Å². The Bertz CT molecular complexity index is 1360. The number of fused-ring (bicyclic) bond motifs is 2. The van der Waals surface area contributed by atoms with Crippen LogP contribution in [-0.4, -0.2) is 14.2 Å². The third-order valence-electron chi connectivity index (χ3n) is 4.56. The van der Waals surface area contributed by atoms with Crippen LogP contribution >= 0.6 is 11.6 Å². The zero-order valence-electron chi connectivity index (χ0n) is 15.1. The molecular formula is C21H16ClNO4S. The van der Waals surface area contributed by atoms with Crippen molar-refractivity contribution in [2.75, 3.05) is 4.72 Å². The largest absolute Gasteiger partial charge is 0.459 e. The Morgan fingerprint density at radius 2 is 1.75 bits per heavy atom. The van der Waals surface area contributed by atoms with E-state index in [0.29, 0.717) is 22.3 Å². The number of hydrogen-bond acceptors (Lipinski definition) is 4. The first kappa shape index (κ1) is 18.5. The second kappa shape index (κ2) is 6.65. The molecule has 0 unspecified atom stereocenters. The van der Waals surface area contributed by atoms with Gasteiger partial charge in [-0.25, -0.2) is 8.42 Å². The van der Waals surface area contributed by atoms with Gasteiger partial charge in [0.05, 0.1) is 21.2 Å². The lowest BCUT2D eigenvalue weighted by molar-refractivity contribution is 0.101. The summed E-state index contributed by atoms with van der Waals surface area (Å²) >= 11 is 6.27. The van der Waals surface area contributed by atoms with Crippen LogP contribution in [0, 0.1) is 6.92 Å². The van der Waals surface area contributed by atoms with E-state index in [4.69, 9.17) is 16.0 Å². The third-order valence-corrected chi connectivity index (χ3v) is 6.22. The lowest BCUT2D eigenvalue weighted by atomic mass is 10.1.